The molecule has 0 fully saturated rings. The van der Waals surface area contributed by atoms with Crippen molar-refractivity contribution in [1.29, 1.82) is 0 Å². The van der Waals surface area contributed by atoms with Gasteiger partial charge in [-0.25, -0.2) is 0 Å². The van der Waals surface area contributed by atoms with Crippen molar-refractivity contribution < 1.29 is 5.11 Å². The second-order valence-corrected chi connectivity index (χ2v) is 2.51. The fourth-order valence-corrected chi connectivity index (χ4v) is 1.11. The van der Waals surface area contributed by atoms with Crippen LogP contribution in [0.4, 0.5) is 0 Å². The third-order valence-corrected chi connectivity index (χ3v) is 1.85. The molecule has 0 aliphatic carbocycles. The van der Waals surface area contributed by atoms with E-state index in [1.807, 2.05) is 17.5 Å². The summed E-state index contributed by atoms with van der Waals surface area (Å²) in [5.41, 5.74) is 0. The molecule has 0 amide bonds. The second-order valence-electron chi connectivity index (χ2n) is 1.53. The van der Waals surface area contributed by atoms with Crippen LogP contribution in [-0.2, 0) is 0 Å². The lowest BCUT2D eigenvalue weighted by Gasteiger charge is -1.94. The molecule has 0 spiro atoms. The first-order valence-electron chi connectivity index (χ1n) is 2.35. The first kappa shape index (κ1) is 5.79. The number of hydrogen-bond acceptors (Lipinski definition) is 2. The zero-order valence-corrected chi connectivity index (χ0v) is 5.19. The Labute approximate surface area is 52.6 Å². The van der Waals surface area contributed by atoms with Crippen LogP contribution in [0, 0.1) is 6.92 Å². The number of rotatable bonds is 1. The molecule has 0 aliphatic rings. The third-order valence-electron chi connectivity index (χ3n) is 0.872. The molecule has 43 valence electrons. The van der Waals surface area contributed by atoms with Gasteiger partial charge < -0.3 is 5.11 Å². The quantitative estimate of drug-likeness (QED) is 0.607. The van der Waals surface area contributed by atoms with Gasteiger partial charge in [-0.3, -0.25) is 0 Å². The molecule has 1 nitrogen and oxygen atoms in total. The van der Waals surface area contributed by atoms with Crippen molar-refractivity contribution in [3.63, 3.8) is 0 Å². The summed E-state index contributed by atoms with van der Waals surface area (Å²) in [7, 11) is 0. The molecule has 1 atom stereocenters. The molecule has 1 heterocycles. The molecule has 1 radical (unpaired) electrons. The normalized spacial score (nSPS) is 13.8. The molecule has 0 saturated carbocycles. The van der Waals surface area contributed by atoms with Crippen LogP contribution >= 0.6 is 11.3 Å². The predicted octanol–water partition coefficient (Wildman–Crippen LogP) is 1.62. The van der Waals surface area contributed by atoms with Crippen LogP contribution in [0.1, 0.15) is 11.0 Å². The number of thiophene rings is 1. The van der Waals surface area contributed by atoms with Crippen LogP contribution in [0.15, 0.2) is 17.5 Å². The molecule has 8 heavy (non-hydrogen) atoms. The van der Waals surface area contributed by atoms with Gasteiger partial charge in [0.15, 0.2) is 0 Å². The zero-order valence-electron chi connectivity index (χ0n) is 4.37. The van der Waals surface area contributed by atoms with Gasteiger partial charge in [0.1, 0.15) is 0 Å². The van der Waals surface area contributed by atoms with E-state index in [2.05, 4.69) is 6.92 Å². The van der Waals surface area contributed by atoms with Crippen molar-refractivity contribution >= 4 is 11.3 Å². The monoisotopic (exact) mass is 127 g/mol. The van der Waals surface area contributed by atoms with Crippen molar-refractivity contribution in [2.75, 3.05) is 0 Å². The highest BCUT2D eigenvalue weighted by Crippen LogP contribution is 2.16. The van der Waals surface area contributed by atoms with E-state index in [4.69, 9.17) is 5.11 Å². The SMILES string of the molecule is [CH2]C(O)c1cccs1. The Morgan fingerprint density at radius 3 is 2.75 bits per heavy atom. The van der Waals surface area contributed by atoms with E-state index >= 15 is 0 Å². The number of hydrogen-bond donors (Lipinski definition) is 1. The molecule has 0 aliphatic heterocycles. The number of aliphatic hydroxyl groups is 1. The minimum Gasteiger partial charge on any atom is -0.388 e. The van der Waals surface area contributed by atoms with Crippen LogP contribution in [0.5, 0.6) is 0 Å². The Bertz CT molecular complexity index is 144. The summed E-state index contributed by atoms with van der Waals surface area (Å²) in [5, 5.41) is 10.7. The molecule has 1 unspecified atom stereocenters. The van der Waals surface area contributed by atoms with Crippen LogP contribution in [0.3, 0.4) is 0 Å². The Balaban J connectivity index is 2.77. The lowest BCUT2D eigenvalue weighted by Crippen LogP contribution is -1.83. The smallest absolute Gasteiger partial charge is 0.0883 e. The van der Waals surface area contributed by atoms with Crippen molar-refractivity contribution in [2.24, 2.45) is 0 Å². The van der Waals surface area contributed by atoms with Gasteiger partial charge in [0.25, 0.3) is 0 Å². The molecule has 0 saturated heterocycles. The summed E-state index contributed by atoms with van der Waals surface area (Å²) >= 11 is 1.52. The van der Waals surface area contributed by atoms with Crippen LogP contribution in [0.25, 0.3) is 0 Å². The van der Waals surface area contributed by atoms with Crippen molar-refractivity contribution in [3.05, 3.63) is 29.3 Å². The first-order valence-corrected chi connectivity index (χ1v) is 3.23. The fourth-order valence-electron chi connectivity index (χ4n) is 0.481. The summed E-state index contributed by atoms with van der Waals surface area (Å²) in [6.07, 6.45) is -0.546. The number of aliphatic hydroxyl groups excluding tert-OH is 1. The van der Waals surface area contributed by atoms with Gasteiger partial charge in [0.05, 0.1) is 6.10 Å². The third kappa shape index (κ3) is 1.08. The Kier molecular flexibility index (Phi) is 1.65. The van der Waals surface area contributed by atoms with Gasteiger partial charge in [-0.1, -0.05) is 6.07 Å². The highest BCUT2D eigenvalue weighted by molar-refractivity contribution is 7.10. The Hall–Kier alpha value is -0.340. The average Bonchev–Trinajstić information content (AvgIpc) is 2.12. The van der Waals surface area contributed by atoms with Crippen molar-refractivity contribution in [1.82, 2.24) is 0 Å². The summed E-state index contributed by atoms with van der Waals surface area (Å²) in [6.45, 7) is 3.45. The van der Waals surface area contributed by atoms with E-state index in [1.165, 1.54) is 11.3 Å². The summed E-state index contributed by atoms with van der Waals surface area (Å²) in [4.78, 5) is 0.921. The van der Waals surface area contributed by atoms with Crippen molar-refractivity contribution in [3.8, 4) is 0 Å². The van der Waals surface area contributed by atoms with E-state index in [9.17, 15) is 0 Å². The zero-order chi connectivity index (χ0) is 5.98. The standard InChI is InChI=1S/C6H7OS/c1-5(7)6-3-2-4-8-6/h2-5,7H,1H2. The van der Waals surface area contributed by atoms with E-state index in [-0.39, 0.29) is 0 Å². The minimum absolute atomic E-state index is 0.546. The van der Waals surface area contributed by atoms with Crippen LogP contribution in [-0.4, -0.2) is 5.11 Å². The van der Waals surface area contributed by atoms with E-state index in [1.54, 1.807) is 0 Å². The molecule has 2 heteroatoms. The van der Waals surface area contributed by atoms with Gasteiger partial charge in [-0.15, -0.1) is 11.3 Å². The van der Waals surface area contributed by atoms with Crippen molar-refractivity contribution in [2.45, 2.75) is 6.10 Å². The van der Waals surface area contributed by atoms with E-state index in [0.717, 1.165) is 4.88 Å². The topological polar surface area (TPSA) is 20.2 Å². The van der Waals surface area contributed by atoms with Gasteiger partial charge in [-0.2, -0.15) is 0 Å². The van der Waals surface area contributed by atoms with Gasteiger partial charge in [0.2, 0.25) is 0 Å². The van der Waals surface area contributed by atoms with Gasteiger partial charge in [-0.05, 0) is 18.4 Å². The highest BCUT2D eigenvalue weighted by atomic mass is 32.1. The molecule has 1 aromatic rings. The summed E-state index contributed by atoms with van der Waals surface area (Å²) in [5.74, 6) is 0. The minimum atomic E-state index is -0.546. The van der Waals surface area contributed by atoms with Crippen LogP contribution < -0.4 is 0 Å². The molecular weight excluding hydrogens is 120 g/mol. The molecule has 1 N–H and O–H groups in total. The van der Waals surface area contributed by atoms with E-state index in [0.29, 0.717) is 0 Å². The molecule has 1 aromatic heterocycles. The Morgan fingerprint density at radius 1 is 1.75 bits per heavy atom. The molecular formula is C6H7OS. The van der Waals surface area contributed by atoms with E-state index < -0.39 is 6.10 Å². The first-order chi connectivity index (χ1) is 3.80. The Morgan fingerprint density at radius 2 is 2.50 bits per heavy atom. The lowest BCUT2D eigenvalue weighted by molar-refractivity contribution is 0.230. The van der Waals surface area contributed by atoms with Gasteiger partial charge >= 0.3 is 0 Å². The molecule has 0 aromatic carbocycles. The highest BCUT2D eigenvalue weighted by Gasteiger charge is 1.97. The maximum Gasteiger partial charge on any atom is 0.0883 e. The second kappa shape index (κ2) is 2.29. The molecule has 0 bridgehead atoms. The maximum atomic E-state index is 8.81. The summed E-state index contributed by atoms with van der Waals surface area (Å²) in [6, 6.07) is 3.76. The largest absolute Gasteiger partial charge is 0.388 e. The molecule has 1 rings (SSSR count). The predicted molar refractivity (Wildman–Crippen MR) is 34.6 cm³/mol. The average molecular weight is 127 g/mol. The van der Waals surface area contributed by atoms with Crippen LogP contribution in [0.2, 0.25) is 0 Å². The summed E-state index contributed by atoms with van der Waals surface area (Å²) < 4.78 is 0. The lowest BCUT2D eigenvalue weighted by atomic mass is 10.3. The van der Waals surface area contributed by atoms with Gasteiger partial charge in [0, 0.05) is 4.88 Å². The maximum absolute atomic E-state index is 8.81. The fraction of sp³-hybridized carbons (Fsp3) is 0.167.